The number of imidazole rings is 1. The summed E-state index contributed by atoms with van der Waals surface area (Å²) in [6, 6.07) is 1.84. The van der Waals surface area contributed by atoms with E-state index in [9.17, 15) is 13.2 Å². The van der Waals surface area contributed by atoms with E-state index in [0.29, 0.717) is 17.7 Å². The Bertz CT molecular complexity index is 899. The zero-order chi connectivity index (χ0) is 18.4. The molecule has 0 saturated carbocycles. The molecule has 0 aliphatic carbocycles. The normalized spacial score (nSPS) is 19.3. The van der Waals surface area contributed by atoms with Crippen molar-refractivity contribution >= 4 is 12.2 Å². The van der Waals surface area contributed by atoms with Gasteiger partial charge in [0.2, 0.25) is 0 Å². The van der Waals surface area contributed by atoms with Gasteiger partial charge in [0.15, 0.2) is 16.4 Å². The van der Waals surface area contributed by atoms with Crippen LogP contribution in [0.25, 0.3) is 0 Å². The third-order valence-corrected chi connectivity index (χ3v) is 6.27. The Morgan fingerprint density at radius 2 is 1.78 bits per heavy atom. The minimum Gasteiger partial charge on any atom is -0.324 e. The predicted molar refractivity (Wildman–Crippen MR) is 98.9 cm³/mol. The monoisotopic (exact) mass is 401 g/mol. The molecule has 1 saturated heterocycles. The lowest BCUT2D eigenvalue weighted by Gasteiger charge is -2.16. The third kappa shape index (κ3) is 3.45. The highest BCUT2D eigenvalue weighted by atomic mass is 32.1. The lowest BCUT2D eigenvalue weighted by atomic mass is 9.95. The molecule has 2 aromatic rings. The lowest BCUT2D eigenvalue weighted by Crippen LogP contribution is -2.23. The minimum atomic E-state index is -1.07. The molecule has 0 amide bonds. The van der Waals surface area contributed by atoms with Gasteiger partial charge in [-0.2, -0.15) is 0 Å². The zero-order valence-electron chi connectivity index (χ0n) is 15.2. The first-order chi connectivity index (χ1) is 12.5. The topological polar surface area (TPSA) is 13.1 Å². The molecule has 0 N–H and O–H groups in total. The molecule has 148 valence electrons. The van der Waals surface area contributed by atoms with E-state index in [4.69, 9.17) is 12.2 Å². The van der Waals surface area contributed by atoms with Crippen LogP contribution in [0.3, 0.4) is 0 Å². The number of hydrogen-bond donors (Lipinski definition) is 0. The van der Waals surface area contributed by atoms with E-state index >= 15 is 0 Å². The minimum absolute atomic E-state index is 0. The number of likely N-dealkylation sites (tertiary alicyclic amines) is 1. The van der Waals surface area contributed by atoms with E-state index in [1.165, 1.54) is 12.8 Å². The Morgan fingerprint density at radius 1 is 1.11 bits per heavy atom. The van der Waals surface area contributed by atoms with E-state index in [1.54, 1.807) is 0 Å². The molecule has 0 spiro atoms. The summed E-state index contributed by atoms with van der Waals surface area (Å²) in [5.41, 5.74) is 2.00. The van der Waals surface area contributed by atoms with Gasteiger partial charge in [0.1, 0.15) is 5.82 Å². The Kier molecular flexibility index (Phi) is 5.76. The van der Waals surface area contributed by atoms with E-state index in [-0.39, 0.29) is 10.3 Å². The predicted octanol–water partition coefficient (Wildman–Crippen LogP) is 4.10. The van der Waals surface area contributed by atoms with Gasteiger partial charge in [0.25, 0.3) is 0 Å². The molecule has 27 heavy (non-hydrogen) atoms. The van der Waals surface area contributed by atoms with Crippen LogP contribution in [0.2, 0.25) is 0 Å². The second-order valence-electron chi connectivity index (χ2n) is 7.30. The SMILES string of the molecule is Cn1c(CCN2CCCC2)c2n(c1=S)C[C@@H](c1c(F)ccc(F)c1F)C2.F. The number of nitrogens with zero attached hydrogens (tertiary/aromatic N) is 3. The van der Waals surface area contributed by atoms with Crippen LogP contribution in [0.1, 0.15) is 35.7 Å². The van der Waals surface area contributed by atoms with Gasteiger partial charge in [0, 0.05) is 49.4 Å². The number of benzene rings is 1. The van der Waals surface area contributed by atoms with Gasteiger partial charge in [-0.3, -0.25) is 4.70 Å². The standard InChI is InChI=1S/C19H22F3N3S.FH/c1-23-15(6-9-24-7-2-3-8-24)16-10-12(11-25(16)19(23)26)17-13(20)4-5-14(21)18(17)22;/h4-5,12H,2-3,6-11H2,1H3;1H/t12-;/m0./s1. The summed E-state index contributed by atoms with van der Waals surface area (Å²) in [4.78, 5) is 2.44. The number of hydrogen-bond acceptors (Lipinski definition) is 2. The van der Waals surface area contributed by atoms with Crippen LogP contribution < -0.4 is 0 Å². The smallest absolute Gasteiger partial charge is 0.179 e. The van der Waals surface area contributed by atoms with Crippen molar-refractivity contribution in [1.29, 1.82) is 0 Å². The van der Waals surface area contributed by atoms with Crippen molar-refractivity contribution < 1.29 is 17.9 Å². The molecule has 1 aromatic heterocycles. The average Bonchev–Trinajstić information content (AvgIpc) is 3.32. The first kappa shape index (κ1) is 20.1. The van der Waals surface area contributed by atoms with Crippen molar-refractivity contribution in [3.05, 3.63) is 51.3 Å². The Labute approximate surface area is 160 Å². The summed E-state index contributed by atoms with van der Waals surface area (Å²) in [5, 5.41) is 0. The summed E-state index contributed by atoms with van der Waals surface area (Å²) in [5.74, 6) is -3.19. The summed E-state index contributed by atoms with van der Waals surface area (Å²) >= 11 is 5.53. The van der Waals surface area contributed by atoms with Gasteiger partial charge in [-0.25, -0.2) is 13.2 Å². The highest BCUT2D eigenvalue weighted by Gasteiger charge is 2.32. The molecule has 1 aromatic carbocycles. The first-order valence-electron chi connectivity index (χ1n) is 9.10. The average molecular weight is 401 g/mol. The number of rotatable bonds is 4. The van der Waals surface area contributed by atoms with Crippen LogP contribution in [0.5, 0.6) is 0 Å². The van der Waals surface area contributed by atoms with E-state index in [2.05, 4.69) is 4.90 Å². The molecule has 0 unspecified atom stereocenters. The van der Waals surface area contributed by atoms with Gasteiger partial charge in [-0.15, -0.1) is 0 Å². The van der Waals surface area contributed by atoms with Crippen LogP contribution in [-0.4, -0.2) is 33.7 Å². The van der Waals surface area contributed by atoms with Crippen LogP contribution in [-0.2, 0) is 26.4 Å². The van der Waals surface area contributed by atoms with Crippen molar-refractivity contribution in [1.82, 2.24) is 14.0 Å². The van der Waals surface area contributed by atoms with Crippen LogP contribution in [0, 0.1) is 22.2 Å². The lowest BCUT2D eigenvalue weighted by molar-refractivity contribution is 0.340. The number of fused-ring (bicyclic) bond motifs is 1. The summed E-state index contributed by atoms with van der Waals surface area (Å²) in [6.07, 6.45) is 3.83. The quantitative estimate of drug-likeness (QED) is 0.435. The van der Waals surface area contributed by atoms with Gasteiger partial charge in [-0.05, 0) is 56.7 Å². The molecule has 3 heterocycles. The summed E-state index contributed by atoms with van der Waals surface area (Å²) in [7, 11) is 1.95. The fourth-order valence-corrected chi connectivity index (χ4v) is 4.68. The second kappa shape index (κ2) is 7.75. The van der Waals surface area contributed by atoms with Crippen molar-refractivity contribution in [2.75, 3.05) is 19.6 Å². The number of aromatic nitrogens is 2. The largest absolute Gasteiger partial charge is 0.324 e. The Morgan fingerprint density at radius 3 is 2.48 bits per heavy atom. The van der Waals surface area contributed by atoms with Crippen LogP contribution in [0.15, 0.2) is 12.1 Å². The van der Waals surface area contributed by atoms with Crippen LogP contribution in [0.4, 0.5) is 17.9 Å². The highest BCUT2D eigenvalue weighted by molar-refractivity contribution is 7.71. The summed E-state index contributed by atoms with van der Waals surface area (Å²) < 4.78 is 46.6. The molecule has 2 aliphatic heterocycles. The van der Waals surface area contributed by atoms with Gasteiger partial charge < -0.3 is 14.0 Å². The Balaban J connectivity index is 0.00000210. The molecule has 4 rings (SSSR count). The molecule has 1 atom stereocenters. The maximum atomic E-state index is 14.2. The molecule has 2 aliphatic rings. The molecular weight excluding hydrogens is 378 g/mol. The fourth-order valence-electron chi connectivity index (χ4n) is 4.39. The van der Waals surface area contributed by atoms with Gasteiger partial charge >= 0.3 is 0 Å². The molecule has 1 fully saturated rings. The Hall–Kier alpha value is -1.67. The van der Waals surface area contributed by atoms with Crippen molar-refractivity contribution in [2.45, 2.75) is 38.1 Å². The first-order valence-corrected chi connectivity index (χ1v) is 9.51. The maximum Gasteiger partial charge on any atom is 0.179 e. The molecule has 0 bridgehead atoms. The van der Waals surface area contributed by atoms with E-state index in [0.717, 1.165) is 49.6 Å². The van der Waals surface area contributed by atoms with Crippen molar-refractivity contribution in [3.8, 4) is 0 Å². The fraction of sp³-hybridized carbons (Fsp3) is 0.526. The summed E-state index contributed by atoms with van der Waals surface area (Å²) in [6.45, 7) is 3.61. The zero-order valence-corrected chi connectivity index (χ0v) is 16.0. The van der Waals surface area contributed by atoms with Crippen LogP contribution >= 0.6 is 12.2 Å². The second-order valence-corrected chi connectivity index (χ2v) is 7.67. The van der Waals surface area contributed by atoms with Gasteiger partial charge in [0.05, 0.1) is 0 Å². The van der Waals surface area contributed by atoms with Crippen molar-refractivity contribution in [2.24, 2.45) is 7.05 Å². The highest BCUT2D eigenvalue weighted by Crippen LogP contribution is 2.36. The number of halogens is 4. The molecule has 3 nitrogen and oxygen atoms in total. The third-order valence-electron chi connectivity index (χ3n) is 5.78. The van der Waals surface area contributed by atoms with Gasteiger partial charge in [-0.1, -0.05) is 0 Å². The maximum absolute atomic E-state index is 14.2. The van der Waals surface area contributed by atoms with Crippen molar-refractivity contribution in [3.63, 3.8) is 0 Å². The van der Waals surface area contributed by atoms with E-state index in [1.807, 2.05) is 16.2 Å². The van der Waals surface area contributed by atoms with E-state index < -0.39 is 23.4 Å². The molecular formula is C19H23F4N3S. The molecule has 0 radical (unpaired) electrons. The molecule has 8 heteroatoms.